The Bertz CT molecular complexity index is 1230. The third-order valence-corrected chi connectivity index (χ3v) is 4.80. The highest BCUT2D eigenvalue weighted by molar-refractivity contribution is 6.02. The molecule has 0 spiro atoms. The van der Waals surface area contributed by atoms with Crippen molar-refractivity contribution >= 4 is 28.3 Å². The van der Waals surface area contributed by atoms with Crippen LogP contribution in [0.2, 0.25) is 0 Å². The lowest BCUT2D eigenvalue weighted by Crippen LogP contribution is -2.31. The first-order valence-electron chi connectivity index (χ1n) is 9.07. The van der Waals surface area contributed by atoms with Crippen molar-refractivity contribution in [1.82, 2.24) is 4.57 Å². The fourth-order valence-corrected chi connectivity index (χ4v) is 3.18. The van der Waals surface area contributed by atoms with Crippen LogP contribution in [0.5, 0.6) is 0 Å². The van der Waals surface area contributed by atoms with Crippen LogP contribution in [0.25, 0.3) is 10.8 Å². The highest BCUT2D eigenvalue weighted by Gasteiger charge is 2.34. The van der Waals surface area contributed by atoms with Crippen molar-refractivity contribution in [3.05, 3.63) is 76.0 Å². The van der Waals surface area contributed by atoms with Gasteiger partial charge in [-0.25, -0.2) is 4.39 Å². The van der Waals surface area contributed by atoms with E-state index in [1.54, 1.807) is 0 Å². The van der Waals surface area contributed by atoms with Gasteiger partial charge >= 0.3 is 6.18 Å². The van der Waals surface area contributed by atoms with Gasteiger partial charge in [0.05, 0.1) is 12.0 Å². The van der Waals surface area contributed by atoms with Crippen LogP contribution < -0.4 is 16.6 Å². The third kappa shape index (κ3) is 4.57. The second kappa shape index (κ2) is 8.21. The highest BCUT2D eigenvalue weighted by Crippen LogP contribution is 2.33. The summed E-state index contributed by atoms with van der Waals surface area (Å²) in [5, 5.41) is 3.01. The lowest BCUT2D eigenvalue weighted by Gasteiger charge is -2.15. The Morgan fingerprint density at radius 2 is 1.84 bits per heavy atom. The number of anilines is 1. The van der Waals surface area contributed by atoms with E-state index in [0.29, 0.717) is 11.5 Å². The summed E-state index contributed by atoms with van der Waals surface area (Å²) in [6, 6.07) is 7.14. The number of carbonyl (C=O) groups is 2. The van der Waals surface area contributed by atoms with Crippen molar-refractivity contribution in [3.8, 4) is 0 Å². The molecule has 3 rings (SSSR count). The zero-order chi connectivity index (χ0) is 22.9. The minimum Gasteiger partial charge on any atom is -0.368 e. The van der Waals surface area contributed by atoms with Gasteiger partial charge in [-0.05, 0) is 42.8 Å². The van der Waals surface area contributed by atoms with Gasteiger partial charge in [0, 0.05) is 22.7 Å². The van der Waals surface area contributed by atoms with Gasteiger partial charge in [-0.3, -0.25) is 14.4 Å². The molecular formula is C21H17F4N3O3. The smallest absolute Gasteiger partial charge is 0.368 e. The van der Waals surface area contributed by atoms with E-state index in [2.05, 4.69) is 5.32 Å². The van der Waals surface area contributed by atoms with E-state index in [4.69, 9.17) is 5.73 Å². The van der Waals surface area contributed by atoms with E-state index in [0.717, 1.165) is 16.7 Å². The number of amides is 2. The highest BCUT2D eigenvalue weighted by atomic mass is 19.4. The quantitative estimate of drug-likeness (QED) is 0.602. The lowest BCUT2D eigenvalue weighted by atomic mass is 10.0. The topological polar surface area (TPSA) is 94.2 Å². The molecule has 0 saturated heterocycles. The monoisotopic (exact) mass is 435 g/mol. The summed E-state index contributed by atoms with van der Waals surface area (Å²) >= 11 is 0. The van der Waals surface area contributed by atoms with Crippen LogP contribution >= 0.6 is 0 Å². The molecule has 6 nitrogen and oxygen atoms in total. The molecule has 3 N–H and O–H groups in total. The molecule has 0 fully saturated rings. The summed E-state index contributed by atoms with van der Waals surface area (Å²) in [6.45, 7) is 1.46. The largest absolute Gasteiger partial charge is 0.416 e. The number of hydrogen-bond donors (Lipinski definition) is 2. The molecule has 10 heteroatoms. The fraction of sp³-hybridized carbons (Fsp3) is 0.190. The van der Waals surface area contributed by atoms with Gasteiger partial charge in [-0.15, -0.1) is 0 Å². The van der Waals surface area contributed by atoms with Crippen molar-refractivity contribution in [2.75, 3.05) is 5.32 Å². The van der Waals surface area contributed by atoms with Crippen molar-refractivity contribution < 1.29 is 27.2 Å². The minimum absolute atomic E-state index is 0.186. The molecule has 0 saturated carbocycles. The number of halogens is 4. The van der Waals surface area contributed by atoms with Crippen LogP contribution in [0.4, 0.5) is 23.2 Å². The molecule has 1 atom stereocenters. The van der Waals surface area contributed by atoms with Crippen LogP contribution in [0.1, 0.15) is 24.1 Å². The number of hydrogen-bond acceptors (Lipinski definition) is 3. The number of fused-ring (bicyclic) bond motifs is 1. The van der Waals surface area contributed by atoms with Gasteiger partial charge in [-0.1, -0.05) is 12.1 Å². The number of pyridine rings is 1. The van der Waals surface area contributed by atoms with Gasteiger partial charge in [0.2, 0.25) is 11.8 Å². The maximum absolute atomic E-state index is 13.3. The molecule has 0 aliphatic rings. The number of aromatic nitrogens is 1. The van der Waals surface area contributed by atoms with Gasteiger partial charge < -0.3 is 15.6 Å². The van der Waals surface area contributed by atoms with Gasteiger partial charge in [0.25, 0.3) is 5.56 Å². The number of rotatable bonds is 5. The molecule has 1 unspecified atom stereocenters. The van der Waals surface area contributed by atoms with E-state index in [9.17, 15) is 31.9 Å². The molecule has 0 aliphatic carbocycles. The molecule has 1 heterocycles. The Hall–Kier alpha value is -3.69. The van der Waals surface area contributed by atoms with Crippen LogP contribution in [-0.4, -0.2) is 16.4 Å². The molecule has 0 bridgehead atoms. The number of benzene rings is 2. The van der Waals surface area contributed by atoms with Gasteiger partial charge in [-0.2, -0.15) is 13.2 Å². The predicted molar refractivity (Wildman–Crippen MR) is 106 cm³/mol. The zero-order valence-corrected chi connectivity index (χ0v) is 16.2. The summed E-state index contributed by atoms with van der Waals surface area (Å²) in [5.41, 5.74) is 3.31. The summed E-state index contributed by atoms with van der Waals surface area (Å²) in [6.07, 6.45) is -4.13. The molecule has 0 aliphatic heterocycles. The van der Waals surface area contributed by atoms with Crippen molar-refractivity contribution in [2.24, 2.45) is 5.73 Å². The Morgan fingerprint density at radius 1 is 1.13 bits per heavy atom. The second-order valence-electron chi connectivity index (χ2n) is 6.90. The SMILES string of the molecule is CC(C(N)=O)n1ccc2c(NC(=O)Cc3ccc(F)cc3C(F)(F)F)cccc2c1=O. The standard InChI is InChI=1S/C21H17F4N3O3/c1-11(19(26)30)28-8-7-14-15(20(28)31)3-2-4-17(14)27-18(29)9-12-5-6-13(22)10-16(12)21(23,24)25/h2-8,10-11H,9H2,1H3,(H2,26,30)(H,27,29). The van der Waals surface area contributed by atoms with Gasteiger partial charge in [0.15, 0.2) is 0 Å². The summed E-state index contributed by atoms with van der Waals surface area (Å²) < 4.78 is 53.8. The Labute approximate surface area is 173 Å². The average molecular weight is 435 g/mol. The average Bonchev–Trinajstić information content (AvgIpc) is 2.69. The Kier molecular flexibility index (Phi) is 5.83. The molecule has 3 aromatic rings. The molecule has 0 radical (unpaired) electrons. The minimum atomic E-state index is -4.82. The molecule has 2 aromatic carbocycles. The number of nitrogens with one attached hydrogen (secondary N) is 1. The molecule has 31 heavy (non-hydrogen) atoms. The first-order valence-corrected chi connectivity index (χ1v) is 9.07. The van der Waals surface area contributed by atoms with Crippen molar-refractivity contribution in [2.45, 2.75) is 25.6 Å². The first kappa shape index (κ1) is 22.0. The second-order valence-corrected chi connectivity index (χ2v) is 6.90. The van der Waals surface area contributed by atoms with E-state index in [-0.39, 0.29) is 16.6 Å². The normalized spacial score (nSPS) is 12.5. The van der Waals surface area contributed by atoms with Crippen LogP contribution in [0.3, 0.4) is 0 Å². The van der Waals surface area contributed by atoms with E-state index in [1.165, 1.54) is 37.4 Å². The summed E-state index contributed by atoms with van der Waals surface area (Å²) in [5.74, 6) is -2.54. The van der Waals surface area contributed by atoms with E-state index >= 15 is 0 Å². The fourth-order valence-electron chi connectivity index (χ4n) is 3.18. The number of carbonyl (C=O) groups excluding carboxylic acids is 2. The number of alkyl halides is 3. The van der Waals surface area contributed by atoms with Crippen molar-refractivity contribution in [1.29, 1.82) is 0 Å². The van der Waals surface area contributed by atoms with Crippen LogP contribution in [0.15, 0.2) is 53.5 Å². The molecule has 2 amide bonds. The summed E-state index contributed by atoms with van der Waals surface area (Å²) in [7, 11) is 0. The molecule has 162 valence electrons. The maximum Gasteiger partial charge on any atom is 0.416 e. The summed E-state index contributed by atoms with van der Waals surface area (Å²) in [4.78, 5) is 36.5. The number of primary amides is 1. The van der Waals surface area contributed by atoms with E-state index in [1.807, 2.05) is 0 Å². The van der Waals surface area contributed by atoms with Gasteiger partial charge in [0.1, 0.15) is 11.9 Å². The predicted octanol–water partition coefficient (Wildman–Crippen LogP) is 3.39. The third-order valence-electron chi connectivity index (χ3n) is 4.80. The van der Waals surface area contributed by atoms with E-state index < -0.39 is 47.4 Å². The molecular weight excluding hydrogens is 418 g/mol. The van der Waals surface area contributed by atoms with Crippen LogP contribution in [0, 0.1) is 5.82 Å². The zero-order valence-electron chi connectivity index (χ0n) is 16.2. The van der Waals surface area contributed by atoms with Crippen molar-refractivity contribution in [3.63, 3.8) is 0 Å². The molecule has 1 aromatic heterocycles. The van der Waals surface area contributed by atoms with Crippen LogP contribution in [-0.2, 0) is 22.2 Å². The maximum atomic E-state index is 13.3. The Morgan fingerprint density at radius 3 is 2.48 bits per heavy atom. The number of nitrogens with two attached hydrogens (primary N) is 1. The number of nitrogens with zero attached hydrogens (tertiary/aromatic N) is 1. The Balaban J connectivity index is 1.93. The first-order chi connectivity index (χ1) is 14.5. The lowest BCUT2D eigenvalue weighted by molar-refractivity contribution is -0.138.